The van der Waals surface area contributed by atoms with Crippen molar-refractivity contribution in [2.24, 2.45) is 0 Å². The molecule has 3 nitrogen and oxygen atoms in total. The van der Waals surface area contributed by atoms with Gasteiger partial charge in [-0.15, -0.1) is 0 Å². The van der Waals surface area contributed by atoms with E-state index in [1.165, 1.54) is 5.56 Å². The summed E-state index contributed by atoms with van der Waals surface area (Å²) in [5.74, 6) is 0.631. The Balaban J connectivity index is 2.19. The lowest BCUT2D eigenvalue weighted by molar-refractivity contribution is 0.216. The number of methoxy groups -OCH3 is 1. The van der Waals surface area contributed by atoms with Gasteiger partial charge in [0, 0.05) is 0 Å². The second-order valence-corrected chi connectivity index (χ2v) is 13.5. The van der Waals surface area contributed by atoms with Crippen LogP contribution in [0.1, 0.15) is 38.3 Å². The van der Waals surface area contributed by atoms with Crippen LogP contribution in [0.3, 0.4) is 0 Å². The Morgan fingerprint density at radius 1 is 1.07 bits per heavy atom. The summed E-state index contributed by atoms with van der Waals surface area (Å²) in [6, 6.07) is 15.9. The quantitative estimate of drug-likeness (QED) is 0.520. The lowest BCUT2D eigenvalue weighted by atomic mass is 10.1. The summed E-state index contributed by atoms with van der Waals surface area (Å²) in [7, 11) is -0.326. The fraction of sp³-hybridized carbons (Fsp3) is 0.417. The number of hydrogen-bond donors (Lipinski definition) is 1. The van der Waals surface area contributed by atoms with E-state index in [-0.39, 0.29) is 16.9 Å². The van der Waals surface area contributed by atoms with E-state index in [1.54, 1.807) is 13.2 Å². The first-order valence-electron chi connectivity index (χ1n) is 9.89. The summed E-state index contributed by atoms with van der Waals surface area (Å²) >= 11 is 0. The van der Waals surface area contributed by atoms with Crippen molar-refractivity contribution in [2.45, 2.75) is 57.8 Å². The van der Waals surface area contributed by atoms with Crippen LogP contribution in [0.4, 0.5) is 0 Å². The predicted molar refractivity (Wildman–Crippen MR) is 121 cm³/mol. The maximum Gasteiger partial charge on any atom is 0.192 e. The standard InChI is InChI=1S/C24H34O3Si/c1-24(2,3)28(5,6)27-21(15-12-19-10-8-7-9-11-19)16-13-20-14-17-22(25)23(18-20)26-4/h7-11,13-14,16-18,21,25H,12,15H2,1-6H3/b16-13+. The summed E-state index contributed by atoms with van der Waals surface area (Å²) in [4.78, 5) is 0. The molecule has 28 heavy (non-hydrogen) atoms. The number of aromatic hydroxyl groups is 1. The van der Waals surface area contributed by atoms with Crippen LogP contribution in [0, 0.1) is 0 Å². The van der Waals surface area contributed by atoms with Gasteiger partial charge in [0.1, 0.15) is 0 Å². The molecule has 0 saturated heterocycles. The molecule has 0 aliphatic rings. The van der Waals surface area contributed by atoms with E-state index in [1.807, 2.05) is 18.2 Å². The van der Waals surface area contributed by atoms with Gasteiger partial charge in [-0.25, -0.2) is 0 Å². The molecule has 2 aromatic rings. The van der Waals surface area contributed by atoms with Crippen LogP contribution in [0.2, 0.25) is 18.1 Å². The van der Waals surface area contributed by atoms with Crippen LogP contribution in [0.5, 0.6) is 11.5 Å². The van der Waals surface area contributed by atoms with Crippen LogP contribution < -0.4 is 4.74 Å². The molecular weight excluding hydrogens is 364 g/mol. The Labute approximate surface area is 171 Å². The number of ether oxygens (including phenoxy) is 1. The van der Waals surface area contributed by atoms with Crippen LogP contribution in [-0.2, 0) is 10.8 Å². The molecular formula is C24H34O3Si. The van der Waals surface area contributed by atoms with Crippen molar-refractivity contribution in [1.82, 2.24) is 0 Å². The Morgan fingerprint density at radius 3 is 2.36 bits per heavy atom. The first kappa shape index (κ1) is 22.2. The molecule has 0 spiro atoms. The fourth-order valence-corrected chi connectivity index (χ4v) is 4.03. The SMILES string of the molecule is COc1cc(/C=C/C(CCc2ccccc2)O[Si](C)(C)C(C)(C)C)ccc1O. The zero-order chi connectivity index (χ0) is 20.8. The summed E-state index contributed by atoms with van der Waals surface area (Å²) in [6.07, 6.45) is 6.16. The molecule has 0 heterocycles. The van der Waals surface area contributed by atoms with Crippen LogP contribution >= 0.6 is 0 Å². The van der Waals surface area contributed by atoms with E-state index in [2.05, 4.69) is 70.3 Å². The Morgan fingerprint density at radius 2 is 1.75 bits per heavy atom. The third-order valence-corrected chi connectivity index (χ3v) is 10.0. The number of aryl methyl sites for hydroxylation is 1. The lowest BCUT2D eigenvalue weighted by Gasteiger charge is -2.38. The van der Waals surface area contributed by atoms with Crippen LogP contribution in [0.15, 0.2) is 54.6 Å². The summed E-state index contributed by atoms with van der Waals surface area (Å²) in [6.45, 7) is 11.4. The van der Waals surface area contributed by atoms with E-state index in [4.69, 9.17) is 9.16 Å². The van der Waals surface area contributed by atoms with Gasteiger partial charge in [-0.3, -0.25) is 0 Å². The van der Waals surface area contributed by atoms with Crippen molar-refractivity contribution in [3.63, 3.8) is 0 Å². The van der Waals surface area contributed by atoms with E-state index >= 15 is 0 Å². The molecule has 0 aromatic heterocycles. The zero-order valence-electron chi connectivity index (χ0n) is 18.0. The summed E-state index contributed by atoms with van der Waals surface area (Å²) in [5, 5.41) is 9.96. The third kappa shape index (κ3) is 6.25. The van der Waals surface area contributed by atoms with Gasteiger partial charge in [0.05, 0.1) is 13.2 Å². The first-order chi connectivity index (χ1) is 13.1. The molecule has 0 bridgehead atoms. The number of benzene rings is 2. The highest BCUT2D eigenvalue weighted by Crippen LogP contribution is 2.38. The van der Waals surface area contributed by atoms with E-state index < -0.39 is 8.32 Å². The minimum absolute atomic E-state index is 0.0425. The minimum Gasteiger partial charge on any atom is -0.504 e. The van der Waals surface area contributed by atoms with E-state index in [9.17, 15) is 5.11 Å². The van der Waals surface area contributed by atoms with E-state index in [0.717, 1.165) is 18.4 Å². The Hall–Kier alpha value is -2.04. The average molecular weight is 399 g/mol. The maximum absolute atomic E-state index is 9.80. The summed E-state index contributed by atoms with van der Waals surface area (Å²) < 4.78 is 11.9. The monoisotopic (exact) mass is 398 g/mol. The highest BCUT2D eigenvalue weighted by atomic mass is 28.4. The van der Waals surface area contributed by atoms with Gasteiger partial charge in [-0.05, 0) is 54.2 Å². The molecule has 2 aromatic carbocycles. The molecule has 152 valence electrons. The number of phenolic OH excluding ortho intramolecular Hbond substituents is 1. The third-order valence-electron chi connectivity index (χ3n) is 5.52. The molecule has 0 radical (unpaired) electrons. The molecule has 0 aliphatic heterocycles. The fourth-order valence-electron chi connectivity index (χ4n) is 2.72. The summed E-state index contributed by atoms with van der Waals surface area (Å²) in [5.41, 5.74) is 2.31. The smallest absolute Gasteiger partial charge is 0.192 e. The number of rotatable bonds is 8. The maximum atomic E-state index is 9.80. The normalized spacial score (nSPS) is 13.6. The van der Waals surface area contributed by atoms with Gasteiger partial charge in [-0.1, -0.05) is 69.3 Å². The van der Waals surface area contributed by atoms with Crippen molar-refractivity contribution in [3.8, 4) is 11.5 Å². The van der Waals surface area contributed by atoms with Crippen molar-refractivity contribution >= 4 is 14.4 Å². The first-order valence-corrected chi connectivity index (χ1v) is 12.8. The minimum atomic E-state index is -1.89. The van der Waals surface area contributed by atoms with Crippen molar-refractivity contribution in [3.05, 3.63) is 65.7 Å². The molecule has 0 aliphatic carbocycles. The molecule has 1 unspecified atom stereocenters. The van der Waals surface area contributed by atoms with Crippen molar-refractivity contribution < 1.29 is 14.3 Å². The highest BCUT2D eigenvalue weighted by molar-refractivity contribution is 6.74. The Bertz CT molecular complexity index is 776. The van der Waals surface area contributed by atoms with E-state index in [0.29, 0.717) is 5.75 Å². The molecule has 1 atom stereocenters. The molecule has 0 amide bonds. The average Bonchev–Trinajstić information content (AvgIpc) is 2.64. The highest BCUT2D eigenvalue weighted by Gasteiger charge is 2.38. The number of phenols is 1. The van der Waals surface area contributed by atoms with Crippen molar-refractivity contribution in [1.29, 1.82) is 0 Å². The Kier molecular flexibility index (Phi) is 7.50. The molecule has 0 saturated carbocycles. The lowest BCUT2D eigenvalue weighted by Crippen LogP contribution is -2.43. The second-order valence-electron chi connectivity index (χ2n) is 8.73. The largest absolute Gasteiger partial charge is 0.504 e. The molecule has 1 N–H and O–H groups in total. The van der Waals surface area contributed by atoms with Gasteiger partial charge >= 0.3 is 0 Å². The van der Waals surface area contributed by atoms with Gasteiger partial charge in [-0.2, -0.15) is 0 Å². The molecule has 2 rings (SSSR count). The van der Waals surface area contributed by atoms with Gasteiger partial charge < -0.3 is 14.3 Å². The number of hydrogen-bond acceptors (Lipinski definition) is 3. The topological polar surface area (TPSA) is 38.7 Å². The molecule has 0 fully saturated rings. The van der Waals surface area contributed by atoms with Crippen molar-refractivity contribution in [2.75, 3.05) is 7.11 Å². The van der Waals surface area contributed by atoms with Gasteiger partial charge in [0.2, 0.25) is 0 Å². The second kappa shape index (κ2) is 9.44. The van der Waals surface area contributed by atoms with Gasteiger partial charge in [0.25, 0.3) is 0 Å². The molecule has 4 heteroatoms. The van der Waals surface area contributed by atoms with Gasteiger partial charge in [0.15, 0.2) is 19.8 Å². The predicted octanol–water partition coefficient (Wildman–Crippen LogP) is 6.44. The van der Waals surface area contributed by atoms with Crippen LogP contribution in [0.25, 0.3) is 6.08 Å². The zero-order valence-corrected chi connectivity index (χ0v) is 19.0. The van der Waals surface area contributed by atoms with Crippen LogP contribution in [-0.4, -0.2) is 26.6 Å².